The van der Waals surface area contributed by atoms with Crippen LogP contribution in [0.25, 0.3) is 0 Å². The first-order chi connectivity index (χ1) is 17.0. The zero-order valence-electron chi connectivity index (χ0n) is 18.8. The second kappa shape index (κ2) is 12.1. The maximum absolute atomic E-state index is 12.2. The van der Waals surface area contributed by atoms with E-state index in [1.807, 2.05) is 49.4 Å². The van der Waals surface area contributed by atoms with Crippen LogP contribution in [0.15, 0.2) is 64.2 Å². The summed E-state index contributed by atoms with van der Waals surface area (Å²) in [7, 11) is 0. The highest BCUT2D eigenvalue weighted by atomic mass is 127. The van der Waals surface area contributed by atoms with Crippen LogP contribution >= 0.6 is 38.5 Å². The molecule has 0 fully saturated rings. The Hall–Kier alpha value is -2.99. The summed E-state index contributed by atoms with van der Waals surface area (Å²) in [6.45, 7) is 3.09. The Kier molecular flexibility index (Phi) is 8.69. The topological polar surface area (TPSA) is 90.4 Å². The summed E-state index contributed by atoms with van der Waals surface area (Å²) < 4.78 is 24.4. The number of amides is 1. The lowest BCUT2D eigenvalue weighted by Crippen LogP contribution is -2.25. The van der Waals surface area contributed by atoms with Gasteiger partial charge < -0.3 is 24.3 Å². The average molecular weight is 652 g/mol. The first kappa shape index (κ1) is 25.1. The van der Waals surface area contributed by atoms with Crippen molar-refractivity contribution >= 4 is 56.3 Å². The Bertz CT molecular complexity index is 1220. The van der Waals surface area contributed by atoms with E-state index in [1.54, 1.807) is 18.3 Å². The fraction of sp³-hybridized carbons (Fsp3) is 0.200. The van der Waals surface area contributed by atoms with Crippen LogP contribution in [0.3, 0.4) is 0 Å². The quantitative estimate of drug-likeness (QED) is 0.175. The van der Waals surface area contributed by atoms with E-state index in [0.717, 1.165) is 24.9 Å². The summed E-state index contributed by atoms with van der Waals surface area (Å²) in [5, 5.41) is 7.11. The number of carbonyl (C=O) groups excluding carboxylic acids is 1. The summed E-state index contributed by atoms with van der Waals surface area (Å²) in [6, 6.07) is 17.1. The molecule has 1 amide bonds. The van der Waals surface area contributed by atoms with Crippen molar-refractivity contribution in [2.24, 2.45) is 5.10 Å². The molecule has 182 valence electrons. The van der Waals surface area contributed by atoms with Crippen LogP contribution in [0.5, 0.6) is 23.0 Å². The lowest BCUT2D eigenvalue weighted by atomic mass is 10.2. The maximum Gasteiger partial charge on any atom is 0.259 e. The summed E-state index contributed by atoms with van der Waals surface area (Å²) >= 11 is 5.64. The Labute approximate surface area is 225 Å². The van der Waals surface area contributed by atoms with Gasteiger partial charge in [0.2, 0.25) is 6.79 Å². The number of halogens is 2. The predicted molar refractivity (Wildman–Crippen MR) is 146 cm³/mol. The molecule has 0 saturated heterocycles. The molecular formula is C25H23BrIN3O5. The summed E-state index contributed by atoms with van der Waals surface area (Å²) in [6.07, 6.45) is 1.57. The smallest absolute Gasteiger partial charge is 0.259 e. The van der Waals surface area contributed by atoms with E-state index in [0.29, 0.717) is 36.2 Å². The highest BCUT2D eigenvalue weighted by Crippen LogP contribution is 2.35. The van der Waals surface area contributed by atoms with Gasteiger partial charge in [0, 0.05) is 16.2 Å². The molecule has 3 aromatic rings. The van der Waals surface area contributed by atoms with Crippen molar-refractivity contribution in [3.8, 4) is 23.0 Å². The molecule has 0 bridgehead atoms. The van der Waals surface area contributed by atoms with Gasteiger partial charge in [-0.2, -0.15) is 5.10 Å². The van der Waals surface area contributed by atoms with Gasteiger partial charge in [0.05, 0.1) is 22.9 Å². The zero-order chi connectivity index (χ0) is 24.6. The molecule has 35 heavy (non-hydrogen) atoms. The molecule has 1 aliphatic rings. The van der Waals surface area contributed by atoms with Crippen LogP contribution < -0.4 is 29.7 Å². The van der Waals surface area contributed by atoms with Gasteiger partial charge in [-0.3, -0.25) is 4.79 Å². The van der Waals surface area contributed by atoms with Crippen molar-refractivity contribution < 1.29 is 23.7 Å². The van der Waals surface area contributed by atoms with E-state index in [1.165, 1.54) is 0 Å². The summed E-state index contributed by atoms with van der Waals surface area (Å²) in [4.78, 5) is 12.2. The molecule has 1 aliphatic heterocycles. The molecule has 0 aromatic heterocycles. The third-order valence-corrected chi connectivity index (χ3v) is 6.19. The first-order valence-corrected chi connectivity index (χ1v) is 12.7. The number of fused-ring (bicyclic) bond motifs is 1. The average Bonchev–Trinajstić information content (AvgIpc) is 3.31. The SMILES string of the molecule is CCOc1cc(/C=N\NC(=O)CNc2ccc3c(c2)OCO3)cc(I)c1OCc1ccc(Br)cc1. The van der Waals surface area contributed by atoms with E-state index in [4.69, 9.17) is 18.9 Å². The minimum absolute atomic E-state index is 0.0571. The number of nitrogens with zero attached hydrogens (tertiary/aromatic N) is 1. The van der Waals surface area contributed by atoms with Crippen LogP contribution in [-0.4, -0.2) is 32.1 Å². The van der Waals surface area contributed by atoms with Gasteiger partial charge in [-0.15, -0.1) is 0 Å². The van der Waals surface area contributed by atoms with Gasteiger partial charge in [-0.05, 0) is 77.0 Å². The predicted octanol–water partition coefficient (Wildman–Crippen LogP) is 5.32. The summed E-state index contributed by atoms with van der Waals surface area (Å²) in [5.41, 5.74) is 5.10. The highest BCUT2D eigenvalue weighted by Gasteiger charge is 2.14. The van der Waals surface area contributed by atoms with Gasteiger partial charge in [0.1, 0.15) is 6.61 Å². The Morgan fingerprint density at radius 3 is 2.71 bits per heavy atom. The second-order valence-corrected chi connectivity index (χ2v) is 9.47. The number of benzene rings is 3. The van der Waals surface area contributed by atoms with Gasteiger partial charge in [0.25, 0.3) is 5.91 Å². The minimum atomic E-state index is -0.284. The Morgan fingerprint density at radius 2 is 1.91 bits per heavy atom. The van der Waals surface area contributed by atoms with Crippen molar-refractivity contribution in [1.82, 2.24) is 5.43 Å². The third-order valence-electron chi connectivity index (χ3n) is 4.86. The van der Waals surface area contributed by atoms with Crippen molar-refractivity contribution in [2.45, 2.75) is 13.5 Å². The second-order valence-electron chi connectivity index (χ2n) is 7.39. The first-order valence-electron chi connectivity index (χ1n) is 10.8. The van der Waals surface area contributed by atoms with Crippen LogP contribution in [0.1, 0.15) is 18.1 Å². The molecule has 3 aromatic carbocycles. The lowest BCUT2D eigenvalue weighted by Gasteiger charge is -2.15. The number of ether oxygens (including phenoxy) is 4. The number of nitrogens with one attached hydrogen (secondary N) is 2. The Balaban J connectivity index is 1.34. The third kappa shape index (κ3) is 7.01. The Morgan fingerprint density at radius 1 is 1.11 bits per heavy atom. The normalized spacial score (nSPS) is 12.0. The number of carbonyl (C=O) groups is 1. The van der Waals surface area contributed by atoms with Crippen molar-refractivity contribution in [3.05, 3.63) is 73.8 Å². The molecule has 10 heteroatoms. The van der Waals surface area contributed by atoms with Crippen LogP contribution in [-0.2, 0) is 11.4 Å². The van der Waals surface area contributed by atoms with E-state index >= 15 is 0 Å². The van der Waals surface area contributed by atoms with Crippen LogP contribution in [0.2, 0.25) is 0 Å². The molecule has 0 aliphatic carbocycles. The zero-order valence-corrected chi connectivity index (χ0v) is 22.6. The molecular weight excluding hydrogens is 629 g/mol. The molecule has 0 radical (unpaired) electrons. The number of hydrogen-bond acceptors (Lipinski definition) is 7. The van der Waals surface area contributed by atoms with Crippen molar-refractivity contribution in [3.63, 3.8) is 0 Å². The highest BCUT2D eigenvalue weighted by molar-refractivity contribution is 14.1. The summed E-state index contributed by atoms with van der Waals surface area (Å²) in [5.74, 6) is 2.35. The molecule has 8 nitrogen and oxygen atoms in total. The molecule has 0 atom stereocenters. The fourth-order valence-electron chi connectivity index (χ4n) is 3.21. The van der Waals surface area contributed by atoms with E-state index in [2.05, 4.69) is 54.4 Å². The molecule has 4 rings (SSSR count). The molecule has 0 spiro atoms. The monoisotopic (exact) mass is 651 g/mol. The number of rotatable bonds is 10. The van der Waals surface area contributed by atoms with Crippen molar-refractivity contribution in [2.75, 3.05) is 25.3 Å². The van der Waals surface area contributed by atoms with Crippen molar-refractivity contribution in [1.29, 1.82) is 0 Å². The van der Waals surface area contributed by atoms with E-state index in [-0.39, 0.29) is 19.2 Å². The molecule has 1 heterocycles. The van der Waals surface area contributed by atoms with Gasteiger partial charge in [-0.25, -0.2) is 5.43 Å². The van der Waals surface area contributed by atoms with Gasteiger partial charge in [0.15, 0.2) is 23.0 Å². The van der Waals surface area contributed by atoms with E-state index in [9.17, 15) is 4.79 Å². The van der Waals surface area contributed by atoms with E-state index < -0.39 is 0 Å². The number of hydrazone groups is 1. The molecule has 2 N–H and O–H groups in total. The van der Waals surface area contributed by atoms with Gasteiger partial charge >= 0.3 is 0 Å². The maximum atomic E-state index is 12.2. The number of hydrogen-bond donors (Lipinski definition) is 2. The standard InChI is InChI=1S/C25H23BrIN3O5/c1-2-32-23-10-17(9-20(27)25(23)33-14-16-3-5-18(26)6-4-16)12-29-30-24(31)13-28-19-7-8-21-22(11-19)35-15-34-21/h3-12,28H,2,13-15H2,1H3,(H,30,31)/b29-12-. The lowest BCUT2D eigenvalue weighted by molar-refractivity contribution is -0.119. The minimum Gasteiger partial charge on any atom is -0.490 e. The largest absolute Gasteiger partial charge is 0.490 e. The fourth-order valence-corrected chi connectivity index (χ4v) is 4.25. The van der Waals surface area contributed by atoms with Crippen LogP contribution in [0, 0.1) is 3.57 Å². The van der Waals surface area contributed by atoms with Crippen LogP contribution in [0.4, 0.5) is 5.69 Å². The van der Waals surface area contributed by atoms with Gasteiger partial charge in [-0.1, -0.05) is 28.1 Å². The number of anilines is 1. The molecule has 0 unspecified atom stereocenters. The molecule has 0 saturated carbocycles.